The van der Waals surface area contributed by atoms with Gasteiger partial charge in [-0.05, 0) is 0 Å². The zero-order chi connectivity index (χ0) is 7.52. The predicted molar refractivity (Wildman–Crippen MR) is 40.1 cm³/mol. The van der Waals surface area contributed by atoms with Gasteiger partial charge in [0.15, 0.2) is 0 Å². The van der Waals surface area contributed by atoms with Crippen LogP contribution in [0.3, 0.4) is 0 Å². The highest BCUT2D eigenvalue weighted by Crippen LogP contribution is 2.02. The van der Waals surface area contributed by atoms with E-state index in [4.69, 9.17) is 9.47 Å². The van der Waals surface area contributed by atoms with E-state index >= 15 is 0 Å². The highest BCUT2D eigenvalue weighted by molar-refractivity contribution is 4.72. The van der Waals surface area contributed by atoms with Crippen LogP contribution in [0.4, 0.5) is 0 Å². The van der Waals surface area contributed by atoms with Crippen molar-refractivity contribution in [1.29, 1.82) is 0 Å². The Morgan fingerprint density at radius 3 is 2.36 bits per heavy atom. The molecular weight excluding hydrogens is 144 g/mol. The fourth-order valence-corrected chi connectivity index (χ4v) is 1.26. The summed E-state index contributed by atoms with van der Waals surface area (Å²) in [7, 11) is 0. The third kappa shape index (κ3) is 1.90. The number of hydrogen-bond donors (Lipinski definition) is 1. The fourth-order valence-electron chi connectivity index (χ4n) is 1.26. The first-order valence-corrected chi connectivity index (χ1v) is 4.12. The van der Waals surface area contributed by atoms with Gasteiger partial charge in [-0.15, -0.1) is 0 Å². The molecular formula is C7H14N2O2. The van der Waals surface area contributed by atoms with Crippen molar-refractivity contribution < 1.29 is 9.47 Å². The smallest absolute Gasteiger partial charge is 0.0683 e. The Labute approximate surface area is 66.4 Å². The minimum atomic E-state index is 0.549. The molecule has 2 aliphatic rings. The second kappa shape index (κ2) is 3.49. The highest BCUT2D eigenvalue weighted by atomic mass is 16.5. The Bertz CT molecular complexity index is 122. The van der Waals surface area contributed by atoms with Crippen molar-refractivity contribution in [3.05, 3.63) is 0 Å². The Hall–Kier alpha value is -0.160. The zero-order valence-electron chi connectivity index (χ0n) is 6.58. The molecule has 0 aromatic heterocycles. The maximum atomic E-state index is 5.22. The summed E-state index contributed by atoms with van der Waals surface area (Å²) in [6.07, 6.45) is 0. The largest absolute Gasteiger partial charge is 0.379 e. The molecule has 2 saturated heterocycles. The number of nitrogens with one attached hydrogen (secondary N) is 1. The van der Waals surface area contributed by atoms with Crippen molar-refractivity contribution in [2.24, 2.45) is 0 Å². The number of nitrogens with zero attached hydrogens (tertiary/aromatic N) is 1. The van der Waals surface area contributed by atoms with Crippen LogP contribution in [0.25, 0.3) is 0 Å². The lowest BCUT2D eigenvalue weighted by Crippen LogP contribution is -2.56. The van der Waals surface area contributed by atoms with E-state index in [1.165, 1.54) is 0 Å². The number of morpholine rings is 1. The molecule has 0 unspecified atom stereocenters. The molecule has 4 heteroatoms. The van der Waals surface area contributed by atoms with Gasteiger partial charge in [0.25, 0.3) is 0 Å². The van der Waals surface area contributed by atoms with Crippen LogP contribution in [-0.2, 0) is 9.47 Å². The summed E-state index contributed by atoms with van der Waals surface area (Å²) in [6, 6.07) is 0.549. The van der Waals surface area contributed by atoms with E-state index in [0.29, 0.717) is 6.04 Å². The first-order valence-electron chi connectivity index (χ1n) is 4.12. The molecule has 0 aliphatic carbocycles. The van der Waals surface area contributed by atoms with Crippen LogP contribution < -0.4 is 5.43 Å². The molecule has 0 bridgehead atoms. The normalized spacial score (nSPS) is 28.4. The molecule has 0 aromatic rings. The molecule has 2 fully saturated rings. The van der Waals surface area contributed by atoms with Crippen LogP contribution in [0, 0.1) is 0 Å². The summed E-state index contributed by atoms with van der Waals surface area (Å²) in [6.45, 7) is 5.41. The lowest BCUT2D eigenvalue weighted by atomic mass is 10.3. The Kier molecular flexibility index (Phi) is 2.38. The van der Waals surface area contributed by atoms with E-state index in [0.717, 1.165) is 39.5 Å². The third-order valence-electron chi connectivity index (χ3n) is 2.01. The summed E-state index contributed by atoms with van der Waals surface area (Å²) < 4.78 is 10.3. The standard InChI is InChI=1S/C7H14N2O2/c1-3-10-4-2-9(1)8-7-5-11-6-7/h7-8H,1-6H2. The van der Waals surface area contributed by atoms with Gasteiger partial charge in [-0.2, -0.15) is 0 Å². The molecule has 11 heavy (non-hydrogen) atoms. The summed E-state index contributed by atoms with van der Waals surface area (Å²) in [5, 5.41) is 2.22. The average Bonchev–Trinajstić information content (AvgIpc) is 1.99. The van der Waals surface area contributed by atoms with Crippen molar-refractivity contribution in [2.75, 3.05) is 39.5 Å². The van der Waals surface area contributed by atoms with E-state index in [9.17, 15) is 0 Å². The highest BCUT2D eigenvalue weighted by Gasteiger charge is 2.21. The monoisotopic (exact) mass is 158 g/mol. The molecule has 0 saturated carbocycles. The molecule has 0 aromatic carbocycles. The second-order valence-electron chi connectivity index (χ2n) is 2.96. The summed E-state index contributed by atoms with van der Waals surface area (Å²) in [4.78, 5) is 0. The lowest BCUT2D eigenvalue weighted by molar-refractivity contribution is -0.0644. The molecule has 2 rings (SSSR count). The molecule has 0 amide bonds. The maximum absolute atomic E-state index is 5.22. The molecule has 2 aliphatic heterocycles. The van der Waals surface area contributed by atoms with Gasteiger partial charge in [0.2, 0.25) is 0 Å². The quantitative estimate of drug-likeness (QED) is 0.571. The van der Waals surface area contributed by atoms with Crippen LogP contribution in [0.2, 0.25) is 0 Å². The summed E-state index contributed by atoms with van der Waals surface area (Å²) in [5.41, 5.74) is 3.38. The maximum Gasteiger partial charge on any atom is 0.0683 e. The fraction of sp³-hybridized carbons (Fsp3) is 1.00. The summed E-state index contributed by atoms with van der Waals surface area (Å²) in [5.74, 6) is 0. The van der Waals surface area contributed by atoms with Crippen molar-refractivity contribution in [3.63, 3.8) is 0 Å². The molecule has 1 N–H and O–H groups in total. The molecule has 4 nitrogen and oxygen atoms in total. The first kappa shape index (κ1) is 7.49. The SMILES string of the molecule is C1CN(NC2COC2)CCO1. The van der Waals surface area contributed by atoms with E-state index in [-0.39, 0.29) is 0 Å². The van der Waals surface area contributed by atoms with Crippen LogP contribution in [0.5, 0.6) is 0 Å². The second-order valence-corrected chi connectivity index (χ2v) is 2.96. The van der Waals surface area contributed by atoms with Crippen molar-refractivity contribution in [3.8, 4) is 0 Å². The van der Waals surface area contributed by atoms with Crippen LogP contribution >= 0.6 is 0 Å². The third-order valence-corrected chi connectivity index (χ3v) is 2.01. The average molecular weight is 158 g/mol. The van der Waals surface area contributed by atoms with Crippen molar-refractivity contribution in [1.82, 2.24) is 10.4 Å². The number of hydrogen-bond acceptors (Lipinski definition) is 4. The van der Waals surface area contributed by atoms with Gasteiger partial charge in [0.1, 0.15) is 0 Å². The van der Waals surface area contributed by atoms with E-state index in [1.807, 2.05) is 0 Å². The summed E-state index contributed by atoms with van der Waals surface area (Å²) >= 11 is 0. The van der Waals surface area contributed by atoms with E-state index in [2.05, 4.69) is 10.4 Å². The topological polar surface area (TPSA) is 33.7 Å². The minimum Gasteiger partial charge on any atom is -0.379 e. The minimum absolute atomic E-state index is 0.549. The van der Waals surface area contributed by atoms with Gasteiger partial charge in [-0.25, -0.2) is 10.4 Å². The van der Waals surface area contributed by atoms with Crippen LogP contribution in [-0.4, -0.2) is 50.6 Å². The number of ether oxygens (including phenoxy) is 2. The Balaban J connectivity index is 1.67. The molecule has 2 heterocycles. The van der Waals surface area contributed by atoms with Gasteiger partial charge in [-0.3, -0.25) is 0 Å². The van der Waals surface area contributed by atoms with E-state index < -0.39 is 0 Å². The predicted octanol–water partition coefficient (Wildman–Crippen LogP) is -0.778. The van der Waals surface area contributed by atoms with Crippen LogP contribution in [0.15, 0.2) is 0 Å². The van der Waals surface area contributed by atoms with Gasteiger partial charge in [0.05, 0.1) is 32.5 Å². The number of rotatable bonds is 2. The Morgan fingerprint density at radius 1 is 1.09 bits per heavy atom. The molecule has 0 spiro atoms. The van der Waals surface area contributed by atoms with E-state index in [1.54, 1.807) is 0 Å². The molecule has 64 valence electrons. The number of hydrazine groups is 1. The molecule has 0 radical (unpaired) electrons. The van der Waals surface area contributed by atoms with Crippen LogP contribution in [0.1, 0.15) is 0 Å². The van der Waals surface area contributed by atoms with Crippen molar-refractivity contribution in [2.45, 2.75) is 6.04 Å². The van der Waals surface area contributed by atoms with Gasteiger partial charge in [-0.1, -0.05) is 0 Å². The zero-order valence-corrected chi connectivity index (χ0v) is 6.58. The lowest BCUT2D eigenvalue weighted by Gasteiger charge is -2.35. The van der Waals surface area contributed by atoms with Gasteiger partial charge >= 0.3 is 0 Å². The Morgan fingerprint density at radius 2 is 1.82 bits per heavy atom. The van der Waals surface area contributed by atoms with Gasteiger partial charge < -0.3 is 9.47 Å². The van der Waals surface area contributed by atoms with Gasteiger partial charge in [0, 0.05) is 13.1 Å². The molecule has 0 atom stereocenters. The first-order chi connectivity index (χ1) is 5.45. The van der Waals surface area contributed by atoms with Crippen molar-refractivity contribution >= 4 is 0 Å².